The van der Waals surface area contributed by atoms with Gasteiger partial charge in [0.05, 0.1) is 22.5 Å². The average Bonchev–Trinajstić information content (AvgIpc) is 3.36. The number of H-pyrrole nitrogens is 1. The van der Waals surface area contributed by atoms with Gasteiger partial charge in [-0.25, -0.2) is 4.79 Å². The van der Waals surface area contributed by atoms with Crippen LogP contribution in [0.4, 0.5) is 0 Å². The molecule has 0 bridgehead atoms. The summed E-state index contributed by atoms with van der Waals surface area (Å²) in [5.41, 5.74) is -0.0629. The van der Waals surface area contributed by atoms with E-state index in [0.29, 0.717) is 34.9 Å². The van der Waals surface area contributed by atoms with Crippen LogP contribution in [0.15, 0.2) is 39.9 Å². The van der Waals surface area contributed by atoms with Gasteiger partial charge >= 0.3 is 5.69 Å². The molecule has 1 aliphatic carbocycles. The summed E-state index contributed by atoms with van der Waals surface area (Å²) in [4.78, 5) is 53.9. The Labute approximate surface area is 223 Å². The van der Waals surface area contributed by atoms with Gasteiger partial charge in [-0.2, -0.15) is 0 Å². The Kier molecular flexibility index (Phi) is 8.71. The number of carbonyl (C=O) groups is 2. The highest BCUT2D eigenvalue weighted by Crippen LogP contribution is 2.27. The minimum absolute atomic E-state index is 0.0737. The van der Waals surface area contributed by atoms with Crippen molar-refractivity contribution in [2.45, 2.75) is 64.5 Å². The van der Waals surface area contributed by atoms with Gasteiger partial charge in [0, 0.05) is 36.0 Å². The molecule has 1 fully saturated rings. The van der Waals surface area contributed by atoms with E-state index in [1.54, 1.807) is 18.2 Å². The third-order valence-electron chi connectivity index (χ3n) is 6.55. The number of halogens is 2. The molecular weight excluding hydrogens is 517 g/mol. The number of Topliss-reactive ketones (excluding diaryl/α,β-unsaturated/α-hetero) is 1. The normalized spacial score (nSPS) is 13.7. The highest BCUT2D eigenvalue weighted by atomic mass is 35.5. The quantitative estimate of drug-likeness (QED) is 0.360. The molecule has 10 heteroatoms. The lowest BCUT2D eigenvalue weighted by Crippen LogP contribution is -2.36. The fourth-order valence-corrected chi connectivity index (χ4v) is 5.20. The van der Waals surface area contributed by atoms with E-state index >= 15 is 0 Å². The maximum Gasteiger partial charge on any atom is 0.328 e. The maximum absolute atomic E-state index is 13.2. The van der Waals surface area contributed by atoms with Gasteiger partial charge in [0.15, 0.2) is 5.78 Å². The second-order valence-corrected chi connectivity index (χ2v) is 10.0. The van der Waals surface area contributed by atoms with E-state index < -0.39 is 11.2 Å². The lowest BCUT2D eigenvalue weighted by molar-refractivity contribution is -0.121. The first-order valence-corrected chi connectivity index (χ1v) is 13.2. The van der Waals surface area contributed by atoms with Crippen molar-refractivity contribution < 1.29 is 14.3 Å². The number of hydrogen-bond donors (Lipinski definition) is 2. The Morgan fingerprint density at radius 1 is 1.14 bits per heavy atom. The molecular formula is C27H29Cl2N3O5. The van der Waals surface area contributed by atoms with Crippen molar-refractivity contribution in [2.24, 2.45) is 0 Å². The highest BCUT2D eigenvalue weighted by Gasteiger charge is 2.18. The third kappa shape index (κ3) is 6.43. The summed E-state index contributed by atoms with van der Waals surface area (Å²) in [7, 11) is 0. The molecule has 37 heavy (non-hydrogen) atoms. The fourth-order valence-electron chi connectivity index (χ4n) is 4.72. The van der Waals surface area contributed by atoms with E-state index in [1.165, 1.54) is 12.1 Å². The highest BCUT2D eigenvalue weighted by molar-refractivity contribution is 6.32. The van der Waals surface area contributed by atoms with Crippen molar-refractivity contribution in [3.05, 3.63) is 72.3 Å². The number of nitrogens with one attached hydrogen (secondary N) is 2. The molecule has 0 saturated heterocycles. The molecule has 2 aromatic carbocycles. The van der Waals surface area contributed by atoms with E-state index in [4.69, 9.17) is 27.9 Å². The molecule has 0 aliphatic heterocycles. The number of carbonyl (C=O) groups excluding carboxylic acids is 2. The Morgan fingerprint density at radius 2 is 1.89 bits per heavy atom. The standard InChI is InChI=1S/C27H29Cl2N3O5/c1-2-37-23-10-9-16(13-21(23)29)22(33)14-17-12-18(28)15-20-25(17)31-27(36)32(26(20)35)11-5-8-24(34)30-19-6-3-4-7-19/h9-10,12-13,15,19H,2-8,11,14H2,1H3,(H,30,34)(H,31,36). The third-order valence-corrected chi connectivity index (χ3v) is 7.06. The van der Waals surface area contributed by atoms with Crippen molar-refractivity contribution in [2.75, 3.05) is 6.61 Å². The molecule has 2 N–H and O–H groups in total. The van der Waals surface area contributed by atoms with Crippen LogP contribution in [0.2, 0.25) is 10.0 Å². The number of benzene rings is 2. The second-order valence-electron chi connectivity index (χ2n) is 9.21. The van der Waals surface area contributed by atoms with Gasteiger partial charge in [-0.05, 0) is 62.1 Å². The average molecular weight is 546 g/mol. The van der Waals surface area contributed by atoms with Gasteiger partial charge in [0.25, 0.3) is 5.56 Å². The Bertz CT molecular complexity index is 1440. The van der Waals surface area contributed by atoms with Crippen LogP contribution in [0.3, 0.4) is 0 Å². The van der Waals surface area contributed by atoms with Crippen LogP contribution >= 0.6 is 23.2 Å². The molecule has 8 nitrogen and oxygen atoms in total. The SMILES string of the molecule is CCOc1ccc(C(=O)Cc2cc(Cl)cc3c(=O)n(CCCC(=O)NC4CCCC4)c(=O)[nH]c23)cc1Cl. The molecule has 0 unspecified atom stereocenters. The summed E-state index contributed by atoms with van der Waals surface area (Å²) in [5.74, 6) is 0.150. The van der Waals surface area contributed by atoms with Crippen LogP contribution in [0.1, 0.15) is 61.4 Å². The molecule has 196 valence electrons. The van der Waals surface area contributed by atoms with E-state index in [9.17, 15) is 19.2 Å². The molecule has 1 heterocycles. The van der Waals surface area contributed by atoms with Crippen molar-refractivity contribution in [1.29, 1.82) is 0 Å². The fraction of sp³-hybridized carbons (Fsp3) is 0.407. The maximum atomic E-state index is 13.2. The smallest absolute Gasteiger partial charge is 0.328 e. The van der Waals surface area contributed by atoms with Crippen molar-refractivity contribution in [3.63, 3.8) is 0 Å². The molecule has 0 radical (unpaired) electrons. The molecule has 1 amide bonds. The summed E-state index contributed by atoms with van der Waals surface area (Å²) < 4.78 is 6.48. The molecule has 0 atom stereocenters. The topological polar surface area (TPSA) is 110 Å². The molecule has 0 spiro atoms. The molecule has 3 aromatic rings. The first-order chi connectivity index (χ1) is 17.8. The van der Waals surface area contributed by atoms with Crippen LogP contribution < -0.4 is 21.3 Å². The minimum Gasteiger partial charge on any atom is -0.492 e. The molecule has 4 rings (SSSR count). The van der Waals surface area contributed by atoms with Crippen LogP contribution in [-0.4, -0.2) is 33.9 Å². The number of ketones is 1. The second kappa shape index (κ2) is 12.0. The zero-order valence-electron chi connectivity index (χ0n) is 20.6. The van der Waals surface area contributed by atoms with Gasteiger partial charge < -0.3 is 15.0 Å². The number of nitrogens with zero attached hydrogens (tertiary/aromatic N) is 1. The monoisotopic (exact) mass is 545 g/mol. The van der Waals surface area contributed by atoms with Gasteiger partial charge in [0.2, 0.25) is 5.91 Å². The minimum atomic E-state index is -0.603. The summed E-state index contributed by atoms with van der Waals surface area (Å²) >= 11 is 12.5. The summed E-state index contributed by atoms with van der Waals surface area (Å²) in [6.45, 7) is 2.37. The van der Waals surface area contributed by atoms with E-state index in [-0.39, 0.29) is 53.0 Å². The molecule has 1 aliphatic rings. The molecule has 1 aromatic heterocycles. The van der Waals surface area contributed by atoms with Crippen LogP contribution in [0.25, 0.3) is 10.9 Å². The Morgan fingerprint density at radius 3 is 2.59 bits per heavy atom. The first-order valence-electron chi connectivity index (χ1n) is 12.5. The predicted octanol–water partition coefficient (Wildman–Crippen LogP) is 4.66. The predicted molar refractivity (Wildman–Crippen MR) is 144 cm³/mol. The van der Waals surface area contributed by atoms with Crippen molar-refractivity contribution in [1.82, 2.24) is 14.9 Å². The van der Waals surface area contributed by atoms with Gasteiger partial charge in [0.1, 0.15) is 5.75 Å². The lowest BCUT2D eigenvalue weighted by atomic mass is 10.0. The Balaban J connectivity index is 1.53. The number of aromatic nitrogens is 2. The van der Waals surface area contributed by atoms with Crippen molar-refractivity contribution >= 4 is 45.8 Å². The van der Waals surface area contributed by atoms with Crippen LogP contribution in [0, 0.1) is 0 Å². The zero-order valence-corrected chi connectivity index (χ0v) is 22.1. The first kappa shape index (κ1) is 26.9. The van der Waals surface area contributed by atoms with E-state index in [2.05, 4.69) is 10.3 Å². The number of hydrogen-bond acceptors (Lipinski definition) is 5. The van der Waals surface area contributed by atoms with Gasteiger partial charge in [-0.3, -0.25) is 19.0 Å². The van der Waals surface area contributed by atoms with Crippen LogP contribution in [-0.2, 0) is 17.8 Å². The van der Waals surface area contributed by atoms with E-state index in [1.807, 2.05) is 6.92 Å². The molecule has 1 saturated carbocycles. The summed E-state index contributed by atoms with van der Waals surface area (Å²) in [5, 5.41) is 3.80. The van der Waals surface area contributed by atoms with Crippen molar-refractivity contribution in [3.8, 4) is 5.75 Å². The summed E-state index contributed by atoms with van der Waals surface area (Å²) in [6.07, 6.45) is 4.70. The van der Waals surface area contributed by atoms with Gasteiger partial charge in [-0.1, -0.05) is 36.0 Å². The largest absolute Gasteiger partial charge is 0.492 e. The van der Waals surface area contributed by atoms with Gasteiger partial charge in [-0.15, -0.1) is 0 Å². The summed E-state index contributed by atoms with van der Waals surface area (Å²) in [6, 6.07) is 8.03. The number of amides is 1. The zero-order chi connectivity index (χ0) is 26.5. The van der Waals surface area contributed by atoms with Crippen LogP contribution in [0.5, 0.6) is 5.75 Å². The number of ether oxygens (including phenoxy) is 1. The van der Waals surface area contributed by atoms with E-state index in [0.717, 1.165) is 30.3 Å². The Hall–Kier alpha value is -3.10. The number of rotatable bonds is 10. The number of fused-ring (bicyclic) bond motifs is 1. The number of aromatic amines is 1. The lowest BCUT2D eigenvalue weighted by Gasteiger charge is -2.13.